The third kappa shape index (κ3) is 1.14. The molecule has 5 heteroatoms. The molecule has 1 rings (SSSR count). The van der Waals surface area contributed by atoms with Crippen molar-refractivity contribution in [1.82, 2.24) is 0 Å². The van der Waals surface area contributed by atoms with E-state index in [1.807, 2.05) is 0 Å². The molecule has 0 radical (unpaired) electrons. The maximum atomic E-state index is 8.93. The molecule has 0 spiro atoms. The van der Waals surface area contributed by atoms with Crippen molar-refractivity contribution in [3.05, 3.63) is 0 Å². The quantitative estimate of drug-likeness (QED) is 0.309. The molecule has 60 valence electrons. The lowest BCUT2D eigenvalue weighted by Crippen LogP contribution is -2.33. The van der Waals surface area contributed by atoms with E-state index in [1.165, 1.54) is 0 Å². The minimum Gasteiger partial charge on any atom is -0.394 e. The molecule has 0 amide bonds. The molecule has 0 aromatic heterocycles. The second kappa shape index (κ2) is 2.81. The number of aliphatic hydroxyl groups excluding tert-OH is 4. The fraction of sp³-hybridized carbons (Fsp3) is 1.00. The van der Waals surface area contributed by atoms with E-state index >= 15 is 0 Å². The van der Waals surface area contributed by atoms with Crippen molar-refractivity contribution in [2.24, 2.45) is 0 Å². The molecular weight excluding hydrogens is 141 g/mol. The van der Waals surface area contributed by atoms with E-state index in [4.69, 9.17) is 20.4 Å². The van der Waals surface area contributed by atoms with Crippen molar-refractivity contribution >= 4 is 0 Å². The summed E-state index contributed by atoms with van der Waals surface area (Å²) in [6.07, 6.45) is -4.76. The van der Waals surface area contributed by atoms with E-state index in [9.17, 15) is 0 Å². The van der Waals surface area contributed by atoms with Gasteiger partial charge in [0.2, 0.25) is 0 Å². The summed E-state index contributed by atoms with van der Waals surface area (Å²) in [5.41, 5.74) is 0. The average Bonchev–Trinajstić information content (AvgIpc) is 2.17. The van der Waals surface area contributed by atoms with Crippen LogP contribution in [0.15, 0.2) is 0 Å². The Balaban J connectivity index is 2.53. The van der Waals surface area contributed by atoms with Gasteiger partial charge in [0, 0.05) is 0 Å². The first-order chi connectivity index (χ1) is 4.66. The zero-order valence-corrected chi connectivity index (χ0v) is 5.21. The highest BCUT2D eigenvalue weighted by molar-refractivity contribution is 4.84. The van der Waals surface area contributed by atoms with Crippen LogP contribution in [0.3, 0.4) is 0 Å². The monoisotopic (exact) mass is 151 g/mol. The minimum atomic E-state index is -1.38. The van der Waals surface area contributed by atoms with Crippen LogP contribution in [0.4, 0.5) is 0 Å². The Labute approximate surface area is 57.5 Å². The predicted octanol–water partition coefficient (Wildman–Crippen LogP) is -2.58. The van der Waals surface area contributed by atoms with Gasteiger partial charge in [-0.05, 0) is 0 Å². The Morgan fingerprint density at radius 1 is 1.10 bits per heavy atom. The summed E-state index contributed by atoms with van der Waals surface area (Å²) >= 11 is 0. The lowest BCUT2D eigenvalue weighted by Gasteiger charge is -2.09. The summed E-state index contributed by atoms with van der Waals surface area (Å²) in [5.74, 6) is 0. The maximum Gasteiger partial charge on any atom is 0.184 e. The van der Waals surface area contributed by atoms with Crippen molar-refractivity contribution in [2.75, 3.05) is 6.61 Å². The van der Waals surface area contributed by atoms with Crippen molar-refractivity contribution in [3.8, 4) is 0 Å². The lowest BCUT2D eigenvalue weighted by atomic mass is 10.3. The second-order valence-corrected chi connectivity index (χ2v) is 2.23. The zero-order valence-electron chi connectivity index (χ0n) is 5.21. The third-order valence-corrected chi connectivity index (χ3v) is 1.52. The highest BCUT2D eigenvalue weighted by Gasteiger charge is 2.41. The Hall–Kier alpha value is -0.200. The zero-order chi connectivity index (χ0) is 7.72. The van der Waals surface area contributed by atoms with Gasteiger partial charge in [-0.2, -0.15) is 0 Å². The summed E-state index contributed by atoms with van der Waals surface area (Å²) in [6.45, 7) is -0.407. The van der Waals surface area contributed by atoms with Crippen molar-refractivity contribution in [1.29, 1.82) is 0 Å². The van der Waals surface area contributed by atoms with Crippen LogP contribution in [0.5, 0.6) is 0 Å². The van der Waals surface area contributed by atoms with E-state index in [0.717, 1.165) is 0 Å². The van der Waals surface area contributed by atoms with Gasteiger partial charge >= 0.3 is 0 Å². The highest BCUT2D eigenvalue weighted by atomic mass is 16.7. The summed E-state index contributed by atoms with van der Waals surface area (Å²) in [5, 5.41) is 35.0. The van der Waals surface area contributed by atoms with Crippen molar-refractivity contribution in [2.45, 2.75) is 24.6 Å². The first-order valence-electron chi connectivity index (χ1n) is 2.97. The first kappa shape index (κ1) is 7.90. The first-order valence-corrected chi connectivity index (χ1v) is 2.97. The van der Waals surface area contributed by atoms with Gasteiger partial charge in [0.25, 0.3) is 0 Å². The number of rotatable bonds is 1. The summed E-state index contributed by atoms with van der Waals surface area (Å²) < 4.78 is 4.54. The van der Waals surface area contributed by atoms with Gasteiger partial charge in [0.05, 0.1) is 6.61 Å². The minimum absolute atomic E-state index is 0.407. The molecule has 1 fully saturated rings. The third-order valence-electron chi connectivity index (χ3n) is 1.52. The molecule has 4 atom stereocenters. The van der Waals surface area contributed by atoms with Crippen LogP contribution in [-0.4, -0.2) is 51.6 Å². The molecule has 0 aromatic carbocycles. The van der Waals surface area contributed by atoms with Crippen LogP contribution in [0.1, 0.15) is 0 Å². The lowest BCUT2D eigenvalue weighted by molar-refractivity contribution is -0.132. The summed E-state index contributed by atoms with van der Waals surface area (Å²) in [6, 6.07) is 0. The van der Waals surface area contributed by atoms with E-state index < -0.39 is 31.2 Å². The van der Waals surface area contributed by atoms with Gasteiger partial charge in [-0.1, -0.05) is 0 Å². The Bertz CT molecular complexity index is 117. The molecule has 4 N–H and O–H groups in total. The normalized spacial score (nSPS) is 48.0. The van der Waals surface area contributed by atoms with Gasteiger partial charge < -0.3 is 25.2 Å². The van der Waals surface area contributed by atoms with Crippen LogP contribution in [0, 0.1) is 0 Å². The summed E-state index contributed by atoms with van der Waals surface area (Å²) in [4.78, 5) is 0. The number of hydrogen-bond donors (Lipinski definition) is 4. The van der Waals surface area contributed by atoms with E-state index in [-0.39, 0.29) is 0 Å². The van der Waals surface area contributed by atoms with Gasteiger partial charge in [-0.3, -0.25) is 0 Å². The standard InChI is InChI=1S/C5H10O5/c6-1-2-3(7)4(8)5(9)10-2/h2-9H,1H2/t2-,3-,4-,5?/m1/s1/i4+1. The van der Waals surface area contributed by atoms with Gasteiger partial charge in [0.1, 0.15) is 18.3 Å². The van der Waals surface area contributed by atoms with Gasteiger partial charge in [-0.15, -0.1) is 0 Å². The largest absolute Gasteiger partial charge is 0.394 e. The Morgan fingerprint density at radius 2 is 1.70 bits per heavy atom. The topological polar surface area (TPSA) is 90.2 Å². The van der Waals surface area contributed by atoms with Crippen LogP contribution >= 0.6 is 0 Å². The molecule has 0 aromatic rings. The maximum absolute atomic E-state index is 8.93. The fourth-order valence-electron chi connectivity index (χ4n) is 0.880. The van der Waals surface area contributed by atoms with E-state index in [1.54, 1.807) is 0 Å². The van der Waals surface area contributed by atoms with Crippen LogP contribution < -0.4 is 0 Å². The molecule has 1 aliphatic heterocycles. The Kier molecular flexibility index (Phi) is 2.22. The fourth-order valence-corrected chi connectivity index (χ4v) is 0.880. The molecule has 10 heavy (non-hydrogen) atoms. The molecule has 1 aliphatic rings. The van der Waals surface area contributed by atoms with Gasteiger partial charge in [-0.25, -0.2) is 0 Å². The predicted molar refractivity (Wildman–Crippen MR) is 30.0 cm³/mol. The van der Waals surface area contributed by atoms with Crippen LogP contribution in [0.25, 0.3) is 0 Å². The van der Waals surface area contributed by atoms with Crippen LogP contribution in [0.2, 0.25) is 0 Å². The molecule has 0 aliphatic carbocycles. The average molecular weight is 151 g/mol. The molecule has 1 unspecified atom stereocenters. The van der Waals surface area contributed by atoms with E-state index in [0.29, 0.717) is 0 Å². The number of hydrogen-bond acceptors (Lipinski definition) is 5. The van der Waals surface area contributed by atoms with Crippen molar-refractivity contribution in [3.63, 3.8) is 0 Å². The van der Waals surface area contributed by atoms with E-state index in [2.05, 4.69) is 4.74 Å². The smallest absolute Gasteiger partial charge is 0.184 e. The Morgan fingerprint density at radius 3 is 1.90 bits per heavy atom. The molecule has 1 saturated heterocycles. The second-order valence-electron chi connectivity index (χ2n) is 2.23. The molecule has 0 bridgehead atoms. The molecule has 0 saturated carbocycles. The molecule has 1 heterocycles. The van der Waals surface area contributed by atoms with Crippen molar-refractivity contribution < 1.29 is 25.2 Å². The molecular formula is C5H10O5. The van der Waals surface area contributed by atoms with Crippen LogP contribution in [-0.2, 0) is 4.74 Å². The van der Waals surface area contributed by atoms with Gasteiger partial charge in [0.15, 0.2) is 6.29 Å². The molecule has 5 nitrogen and oxygen atoms in total. The number of ether oxygens (including phenoxy) is 1. The SMILES string of the molecule is OC[C@H]1OC(O)[13C@H](O)[C@@H]1O. The highest BCUT2D eigenvalue weighted by Crippen LogP contribution is 2.18. The number of aliphatic hydroxyl groups is 4. The summed E-state index contributed by atoms with van der Waals surface area (Å²) in [7, 11) is 0.